The topological polar surface area (TPSA) is 73.0 Å². The van der Waals surface area contributed by atoms with E-state index in [0.717, 1.165) is 5.56 Å². The van der Waals surface area contributed by atoms with Crippen LogP contribution in [0.25, 0.3) is 11.3 Å². The minimum atomic E-state index is -0.411. The van der Waals surface area contributed by atoms with Crippen LogP contribution in [0.2, 0.25) is 0 Å². The Morgan fingerprint density at radius 3 is 2.70 bits per heavy atom. The van der Waals surface area contributed by atoms with Crippen LogP contribution in [0, 0.1) is 5.82 Å². The molecule has 0 saturated heterocycles. The lowest BCUT2D eigenvalue weighted by atomic mass is 10.1. The molecular formula is C20H15FN4O2. The fraction of sp³-hybridized carbons (Fsp3) is 0.0500. The van der Waals surface area contributed by atoms with E-state index in [-0.39, 0.29) is 18.1 Å². The van der Waals surface area contributed by atoms with E-state index in [2.05, 4.69) is 15.6 Å². The van der Waals surface area contributed by atoms with E-state index < -0.39 is 5.91 Å². The van der Waals surface area contributed by atoms with Crippen molar-refractivity contribution in [1.82, 2.24) is 14.9 Å². The van der Waals surface area contributed by atoms with Crippen molar-refractivity contribution in [3.05, 3.63) is 90.1 Å². The number of amides is 1. The molecule has 0 aliphatic carbocycles. The number of anilines is 1. The normalized spacial score (nSPS) is 10.7. The highest BCUT2D eigenvalue weighted by Gasteiger charge is 2.14. The summed E-state index contributed by atoms with van der Waals surface area (Å²) in [5.74, 6) is -0.197. The third-order valence-electron chi connectivity index (χ3n) is 3.98. The van der Waals surface area contributed by atoms with Gasteiger partial charge in [0.1, 0.15) is 5.82 Å². The summed E-state index contributed by atoms with van der Waals surface area (Å²) in [5.41, 5.74) is 2.00. The summed E-state index contributed by atoms with van der Waals surface area (Å²) < 4.78 is 20.5. The second-order valence-corrected chi connectivity index (χ2v) is 5.91. The number of hydrogen-bond acceptors (Lipinski definition) is 4. The molecule has 27 heavy (non-hydrogen) atoms. The quantitative estimate of drug-likeness (QED) is 0.583. The maximum absolute atomic E-state index is 13.7. The molecule has 0 aliphatic heterocycles. The van der Waals surface area contributed by atoms with E-state index >= 15 is 0 Å². The molecule has 0 spiro atoms. The molecule has 1 amide bonds. The largest absolute Gasteiger partial charge is 0.355 e. The number of carbonyl (C=O) groups excluding carboxylic acids is 1. The summed E-state index contributed by atoms with van der Waals surface area (Å²) >= 11 is 0. The molecule has 0 saturated carbocycles. The fourth-order valence-electron chi connectivity index (χ4n) is 2.63. The molecule has 0 radical (unpaired) electrons. The number of halogens is 1. The molecular weight excluding hydrogens is 347 g/mol. The van der Waals surface area contributed by atoms with Crippen LogP contribution in [0.5, 0.6) is 0 Å². The molecule has 2 heterocycles. The SMILES string of the molecule is O=C(Nc1cnn(Cc2ccccc2F)c1)c1cc(-c2ccccc2)on1. The summed E-state index contributed by atoms with van der Waals surface area (Å²) in [4.78, 5) is 12.3. The predicted molar refractivity (Wildman–Crippen MR) is 97.6 cm³/mol. The average Bonchev–Trinajstić information content (AvgIpc) is 3.34. The summed E-state index contributed by atoms with van der Waals surface area (Å²) in [6, 6.07) is 17.5. The van der Waals surface area contributed by atoms with Gasteiger partial charge in [0.2, 0.25) is 0 Å². The highest BCUT2D eigenvalue weighted by Crippen LogP contribution is 2.20. The Labute approximate surface area is 154 Å². The van der Waals surface area contributed by atoms with Gasteiger partial charge in [-0.1, -0.05) is 53.7 Å². The minimum Gasteiger partial charge on any atom is -0.355 e. The third-order valence-corrected chi connectivity index (χ3v) is 3.98. The van der Waals surface area contributed by atoms with E-state index in [4.69, 9.17) is 4.52 Å². The molecule has 134 valence electrons. The van der Waals surface area contributed by atoms with E-state index in [0.29, 0.717) is 17.0 Å². The number of nitrogens with one attached hydrogen (secondary N) is 1. The molecule has 7 heteroatoms. The molecule has 1 N–H and O–H groups in total. The molecule has 2 aromatic carbocycles. The van der Waals surface area contributed by atoms with Crippen LogP contribution < -0.4 is 5.32 Å². The molecule has 4 aromatic rings. The molecule has 0 unspecified atom stereocenters. The molecule has 0 bridgehead atoms. The van der Waals surface area contributed by atoms with Gasteiger partial charge < -0.3 is 9.84 Å². The number of carbonyl (C=O) groups is 1. The van der Waals surface area contributed by atoms with Gasteiger partial charge in [-0.15, -0.1) is 0 Å². The van der Waals surface area contributed by atoms with Gasteiger partial charge in [0.25, 0.3) is 5.91 Å². The Morgan fingerprint density at radius 1 is 1.11 bits per heavy atom. The number of hydrogen-bond donors (Lipinski definition) is 1. The van der Waals surface area contributed by atoms with E-state index in [1.54, 1.807) is 35.1 Å². The van der Waals surface area contributed by atoms with Crippen LogP contribution in [0.4, 0.5) is 10.1 Å². The summed E-state index contributed by atoms with van der Waals surface area (Å²) in [7, 11) is 0. The first kappa shape index (κ1) is 16.7. The third kappa shape index (κ3) is 3.77. The van der Waals surface area contributed by atoms with Gasteiger partial charge in [-0.3, -0.25) is 9.48 Å². The van der Waals surface area contributed by atoms with Gasteiger partial charge in [0, 0.05) is 23.4 Å². The monoisotopic (exact) mass is 362 g/mol. The lowest BCUT2D eigenvalue weighted by molar-refractivity contribution is 0.101. The van der Waals surface area contributed by atoms with Crippen molar-refractivity contribution in [2.45, 2.75) is 6.54 Å². The van der Waals surface area contributed by atoms with Gasteiger partial charge >= 0.3 is 0 Å². The van der Waals surface area contributed by atoms with Crippen molar-refractivity contribution in [3.63, 3.8) is 0 Å². The van der Waals surface area contributed by atoms with Gasteiger partial charge in [-0.2, -0.15) is 5.10 Å². The van der Waals surface area contributed by atoms with Crippen molar-refractivity contribution in [3.8, 4) is 11.3 Å². The van der Waals surface area contributed by atoms with Crippen molar-refractivity contribution in [1.29, 1.82) is 0 Å². The minimum absolute atomic E-state index is 0.163. The summed E-state index contributed by atoms with van der Waals surface area (Å²) in [6.45, 7) is 0.269. The molecule has 0 atom stereocenters. The molecule has 0 fully saturated rings. The van der Waals surface area contributed by atoms with Crippen molar-refractivity contribution in [2.75, 3.05) is 5.32 Å². The Bertz CT molecular complexity index is 1070. The molecule has 2 aromatic heterocycles. The maximum atomic E-state index is 13.7. The van der Waals surface area contributed by atoms with Gasteiger partial charge in [-0.25, -0.2) is 4.39 Å². The van der Waals surface area contributed by atoms with Crippen molar-refractivity contribution >= 4 is 11.6 Å². The summed E-state index contributed by atoms with van der Waals surface area (Å²) in [5, 5.41) is 10.7. The van der Waals surface area contributed by atoms with Crippen molar-refractivity contribution in [2.24, 2.45) is 0 Å². The molecule has 4 rings (SSSR count). The second-order valence-electron chi connectivity index (χ2n) is 5.91. The van der Waals surface area contributed by atoms with E-state index in [1.165, 1.54) is 12.3 Å². The van der Waals surface area contributed by atoms with Crippen LogP contribution in [0.1, 0.15) is 16.1 Å². The Morgan fingerprint density at radius 2 is 1.89 bits per heavy atom. The van der Waals surface area contributed by atoms with Crippen LogP contribution in [-0.2, 0) is 6.54 Å². The van der Waals surface area contributed by atoms with E-state index in [9.17, 15) is 9.18 Å². The zero-order chi connectivity index (χ0) is 18.6. The first-order valence-corrected chi connectivity index (χ1v) is 8.28. The van der Waals surface area contributed by atoms with Crippen LogP contribution in [0.3, 0.4) is 0 Å². The molecule has 6 nitrogen and oxygen atoms in total. The Balaban J connectivity index is 1.44. The zero-order valence-corrected chi connectivity index (χ0v) is 14.2. The molecule has 0 aliphatic rings. The Kier molecular flexibility index (Phi) is 4.49. The van der Waals surface area contributed by atoms with Crippen LogP contribution in [0.15, 0.2) is 77.6 Å². The first-order valence-electron chi connectivity index (χ1n) is 8.28. The smallest absolute Gasteiger partial charge is 0.277 e. The van der Waals surface area contributed by atoms with E-state index in [1.807, 2.05) is 30.3 Å². The van der Waals surface area contributed by atoms with Gasteiger partial charge in [0.05, 0.1) is 18.4 Å². The number of rotatable bonds is 5. The highest BCUT2D eigenvalue weighted by atomic mass is 19.1. The predicted octanol–water partition coefficient (Wildman–Crippen LogP) is 3.98. The lowest BCUT2D eigenvalue weighted by Gasteiger charge is -2.03. The van der Waals surface area contributed by atoms with Gasteiger partial charge in [-0.05, 0) is 6.07 Å². The second kappa shape index (κ2) is 7.25. The maximum Gasteiger partial charge on any atom is 0.277 e. The van der Waals surface area contributed by atoms with Crippen LogP contribution in [-0.4, -0.2) is 20.8 Å². The lowest BCUT2D eigenvalue weighted by Crippen LogP contribution is -2.11. The van der Waals surface area contributed by atoms with Gasteiger partial charge in [0.15, 0.2) is 11.5 Å². The highest BCUT2D eigenvalue weighted by molar-refractivity contribution is 6.03. The zero-order valence-electron chi connectivity index (χ0n) is 14.2. The Hall–Kier alpha value is -3.74. The first-order chi connectivity index (χ1) is 13.2. The van der Waals surface area contributed by atoms with Crippen LogP contribution >= 0.6 is 0 Å². The number of nitrogens with zero attached hydrogens (tertiary/aromatic N) is 3. The number of benzene rings is 2. The number of aromatic nitrogens is 3. The standard InChI is InChI=1S/C20H15FN4O2/c21-17-9-5-4-8-15(17)12-25-13-16(11-22-25)23-20(26)18-10-19(27-24-18)14-6-2-1-3-7-14/h1-11,13H,12H2,(H,23,26). The fourth-order valence-corrected chi connectivity index (χ4v) is 2.63. The summed E-state index contributed by atoms with van der Waals surface area (Å²) in [6.07, 6.45) is 3.12. The van der Waals surface area contributed by atoms with Crippen molar-refractivity contribution < 1.29 is 13.7 Å². The average molecular weight is 362 g/mol.